The molecule has 31 heavy (non-hydrogen) atoms. The van der Waals surface area contributed by atoms with Gasteiger partial charge in [0, 0.05) is 18.2 Å². The lowest BCUT2D eigenvalue weighted by atomic mass is 10.1. The lowest BCUT2D eigenvalue weighted by Gasteiger charge is -2.07. The van der Waals surface area contributed by atoms with Crippen LogP contribution >= 0.6 is 11.3 Å². The average molecular weight is 433 g/mol. The maximum atomic E-state index is 13.1. The van der Waals surface area contributed by atoms with Crippen molar-refractivity contribution in [2.45, 2.75) is 19.8 Å². The predicted molar refractivity (Wildman–Crippen MR) is 121 cm³/mol. The molecule has 2 aromatic carbocycles. The van der Waals surface area contributed by atoms with Crippen LogP contribution in [-0.4, -0.2) is 34.2 Å². The molecule has 0 unspecified atom stereocenters. The number of nitrogens with zero attached hydrogens (tertiary/aromatic N) is 4. The van der Waals surface area contributed by atoms with E-state index in [1.807, 2.05) is 48.5 Å². The van der Waals surface area contributed by atoms with Gasteiger partial charge in [0.05, 0.1) is 17.9 Å². The molecule has 0 saturated heterocycles. The molecule has 1 aliphatic rings. The van der Waals surface area contributed by atoms with Gasteiger partial charge in [0.25, 0.3) is 11.5 Å². The van der Waals surface area contributed by atoms with Gasteiger partial charge in [0.15, 0.2) is 5.82 Å². The van der Waals surface area contributed by atoms with Gasteiger partial charge < -0.3 is 9.64 Å². The minimum Gasteiger partial charge on any atom is -0.494 e. The number of para-hydroxylation sites is 1. The first-order chi connectivity index (χ1) is 15.1. The number of unbranched alkanes of at least 4 members (excludes halogenated alkanes) is 1. The highest BCUT2D eigenvalue weighted by molar-refractivity contribution is 7.15. The largest absolute Gasteiger partial charge is 0.494 e. The summed E-state index contributed by atoms with van der Waals surface area (Å²) in [6.45, 7) is 2.81. The van der Waals surface area contributed by atoms with E-state index < -0.39 is 0 Å². The minimum atomic E-state index is -0.327. The van der Waals surface area contributed by atoms with Crippen LogP contribution in [0.2, 0.25) is 0 Å². The fourth-order valence-corrected chi connectivity index (χ4v) is 4.63. The van der Waals surface area contributed by atoms with Gasteiger partial charge in [-0.3, -0.25) is 9.59 Å². The summed E-state index contributed by atoms with van der Waals surface area (Å²) in [5, 5.41) is 4.40. The molecule has 3 heterocycles. The number of aromatic nitrogens is 3. The van der Waals surface area contributed by atoms with Crippen molar-refractivity contribution in [1.82, 2.24) is 14.6 Å². The number of anilines is 1. The third-order valence-electron chi connectivity index (χ3n) is 5.32. The van der Waals surface area contributed by atoms with Gasteiger partial charge in [-0.15, -0.1) is 5.10 Å². The van der Waals surface area contributed by atoms with E-state index in [-0.39, 0.29) is 11.5 Å². The van der Waals surface area contributed by atoms with Crippen molar-refractivity contribution < 1.29 is 9.53 Å². The molecule has 0 radical (unpaired) electrons. The van der Waals surface area contributed by atoms with E-state index >= 15 is 0 Å². The van der Waals surface area contributed by atoms with E-state index in [9.17, 15) is 9.59 Å². The molecule has 8 heteroatoms. The number of fused-ring (bicyclic) bond motifs is 2. The minimum absolute atomic E-state index is 0.193. The summed E-state index contributed by atoms with van der Waals surface area (Å²) >= 11 is 1.19. The second kappa shape index (κ2) is 7.63. The van der Waals surface area contributed by atoms with Crippen LogP contribution in [-0.2, 0) is 4.79 Å². The second-order valence-corrected chi connectivity index (χ2v) is 8.33. The zero-order valence-electron chi connectivity index (χ0n) is 17.2. The van der Waals surface area contributed by atoms with Crippen LogP contribution < -0.4 is 19.7 Å². The Morgan fingerprint density at radius 2 is 1.84 bits per heavy atom. The summed E-state index contributed by atoms with van der Waals surface area (Å²) in [6, 6.07) is 15.0. The van der Waals surface area contributed by atoms with Gasteiger partial charge in [0.1, 0.15) is 10.3 Å². The first-order valence-electron chi connectivity index (χ1n) is 10.1. The van der Waals surface area contributed by atoms with E-state index in [1.54, 1.807) is 11.9 Å². The number of benzene rings is 2. The quantitative estimate of drug-likeness (QED) is 0.453. The molecule has 0 aliphatic carbocycles. The Morgan fingerprint density at radius 3 is 2.58 bits per heavy atom. The standard InChI is InChI=1S/C23H20N4O3S/c1-3-4-13-30-15-11-9-14(10-12-15)20-24-23-27(25-20)22(29)19(31-23)18-16-7-5-6-8-17(16)26(2)21(18)28/h5-12H,3-4,13H2,1-2H3/b19-18-. The zero-order chi connectivity index (χ0) is 21.5. The number of thiazole rings is 1. The maximum Gasteiger partial charge on any atom is 0.291 e. The van der Waals surface area contributed by atoms with Crippen molar-refractivity contribution in [2.24, 2.45) is 0 Å². The predicted octanol–water partition coefficient (Wildman–Crippen LogP) is 2.89. The van der Waals surface area contributed by atoms with Gasteiger partial charge in [-0.05, 0) is 36.8 Å². The van der Waals surface area contributed by atoms with Crippen molar-refractivity contribution in [3.05, 3.63) is 69.0 Å². The van der Waals surface area contributed by atoms with Crippen molar-refractivity contribution in [2.75, 3.05) is 18.6 Å². The molecular weight excluding hydrogens is 412 g/mol. The molecule has 7 nitrogen and oxygen atoms in total. The van der Waals surface area contributed by atoms with E-state index in [0.717, 1.165) is 35.4 Å². The molecule has 156 valence electrons. The molecule has 1 aliphatic heterocycles. The van der Waals surface area contributed by atoms with E-state index in [0.29, 0.717) is 27.5 Å². The molecule has 0 N–H and O–H groups in total. The fraction of sp³-hybridized carbons (Fsp3) is 0.217. The highest BCUT2D eigenvalue weighted by atomic mass is 32.1. The van der Waals surface area contributed by atoms with E-state index in [4.69, 9.17) is 4.74 Å². The van der Waals surface area contributed by atoms with E-state index in [2.05, 4.69) is 17.0 Å². The Labute approximate surface area is 182 Å². The van der Waals surface area contributed by atoms with Crippen molar-refractivity contribution in [1.29, 1.82) is 0 Å². The lowest BCUT2D eigenvalue weighted by molar-refractivity contribution is -0.112. The molecule has 0 spiro atoms. The fourth-order valence-electron chi connectivity index (χ4n) is 3.63. The van der Waals surface area contributed by atoms with Gasteiger partial charge in [-0.2, -0.15) is 9.50 Å². The first-order valence-corrected chi connectivity index (χ1v) is 10.9. The van der Waals surface area contributed by atoms with Gasteiger partial charge in [-0.1, -0.05) is 42.9 Å². The Morgan fingerprint density at radius 1 is 1.06 bits per heavy atom. The molecule has 4 aromatic rings. The van der Waals surface area contributed by atoms with Crippen LogP contribution in [0.25, 0.3) is 21.9 Å². The number of ether oxygens (including phenoxy) is 1. The summed E-state index contributed by atoms with van der Waals surface area (Å²) in [5.74, 6) is 1.07. The molecular formula is C23H20N4O3S. The lowest BCUT2D eigenvalue weighted by Crippen LogP contribution is -2.30. The molecule has 2 aromatic heterocycles. The summed E-state index contributed by atoms with van der Waals surface area (Å²) in [5.41, 5.74) is 2.44. The molecule has 0 saturated carbocycles. The SMILES string of the molecule is CCCCOc1ccc(-c2nc3s/c(=C4\C(=O)N(C)c5ccccc54)c(=O)n3n2)cc1. The zero-order valence-corrected chi connectivity index (χ0v) is 18.0. The molecule has 0 fully saturated rings. The maximum absolute atomic E-state index is 13.1. The number of amides is 1. The third kappa shape index (κ3) is 3.19. The van der Waals surface area contributed by atoms with Crippen LogP contribution in [0.3, 0.4) is 0 Å². The number of hydrogen-bond donors (Lipinski definition) is 0. The number of likely N-dealkylation sites (N-methyl/N-ethyl adjacent to an activating group) is 1. The molecule has 0 atom stereocenters. The van der Waals surface area contributed by atoms with Gasteiger partial charge >= 0.3 is 0 Å². The smallest absolute Gasteiger partial charge is 0.291 e. The molecule has 5 rings (SSSR count). The Balaban J connectivity index is 1.54. The Hall–Kier alpha value is -3.52. The normalized spacial score (nSPS) is 15.0. The average Bonchev–Trinajstić information content (AvgIpc) is 3.41. The van der Waals surface area contributed by atoms with Crippen molar-refractivity contribution in [3.63, 3.8) is 0 Å². The summed E-state index contributed by atoms with van der Waals surface area (Å²) in [7, 11) is 1.71. The van der Waals surface area contributed by atoms with Crippen LogP contribution in [0.1, 0.15) is 25.3 Å². The number of hydrogen-bond acceptors (Lipinski definition) is 6. The van der Waals surface area contributed by atoms with Crippen molar-refractivity contribution in [3.8, 4) is 17.1 Å². The highest BCUT2D eigenvalue weighted by Gasteiger charge is 2.31. The summed E-state index contributed by atoms with van der Waals surface area (Å²) in [6.07, 6.45) is 2.09. The van der Waals surface area contributed by atoms with Crippen LogP contribution in [0, 0.1) is 0 Å². The second-order valence-electron chi connectivity index (χ2n) is 7.35. The summed E-state index contributed by atoms with van der Waals surface area (Å²) in [4.78, 5) is 32.5. The number of carbonyl (C=O) groups is 1. The monoisotopic (exact) mass is 432 g/mol. The Kier molecular flexibility index (Phi) is 4.78. The van der Waals surface area contributed by atoms with Crippen LogP contribution in [0.5, 0.6) is 5.75 Å². The van der Waals surface area contributed by atoms with Crippen LogP contribution in [0.4, 0.5) is 5.69 Å². The first kappa shape index (κ1) is 19.4. The van der Waals surface area contributed by atoms with Crippen LogP contribution in [0.15, 0.2) is 53.3 Å². The summed E-state index contributed by atoms with van der Waals surface area (Å²) < 4.78 is 7.33. The number of carbonyl (C=O) groups excluding carboxylic acids is 1. The Bertz CT molecular complexity index is 1410. The van der Waals surface area contributed by atoms with Gasteiger partial charge in [-0.25, -0.2) is 0 Å². The van der Waals surface area contributed by atoms with E-state index in [1.165, 1.54) is 15.9 Å². The van der Waals surface area contributed by atoms with Gasteiger partial charge in [0.2, 0.25) is 4.96 Å². The third-order valence-corrected chi connectivity index (χ3v) is 6.35. The number of rotatable bonds is 5. The topological polar surface area (TPSA) is 76.8 Å². The highest BCUT2D eigenvalue weighted by Crippen LogP contribution is 2.33. The van der Waals surface area contributed by atoms with Crippen molar-refractivity contribution >= 4 is 33.5 Å². The molecule has 1 amide bonds. The molecule has 0 bridgehead atoms.